The van der Waals surface area contributed by atoms with Crippen LogP contribution in [0.25, 0.3) is 0 Å². The molecule has 232 valence electrons. The highest BCUT2D eigenvalue weighted by Crippen LogP contribution is 2.62. The first-order valence-corrected chi connectivity index (χ1v) is 16.4. The van der Waals surface area contributed by atoms with Gasteiger partial charge in [-0.2, -0.15) is 0 Å². The van der Waals surface area contributed by atoms with E-state index in [4.69, 9.17) is 4.74 Å². The Bertz CT molecular complexity index is 1500. The van der Waals surface area contributed by atoms with Crippen molar-refractivity contribution in [3.63, 3.8) is 0 Å². The Morgan fingerprint density at radius 3 is 2.27 bits per heavy atom. The van der Waals surface area contributed by atoms with E-state index in [0.717, 1.165) is 28.3 Å². The van der Waals surface area contributed by atoms with E-state index in [-0.39, 0.29) is 35.5 Å². The normalized spacial score (nSPS) is 28.6. The molecule has 2 fully saturated rings. The van der Waals surface area contributed by atoms with Gasteiger partial charge in [0.1, 0.15) is 11.8 Å². The molecule has 4 heterocycles. The van der Waals surface area contributed by atoms with E-state index < -0.39 is 28.7 Å². The van der Waals surface area contributed by atoms with E-state index in [0.29, 0.717) is 19.7 Å². The maximum Gasteiger partial charge on any atom is 0.251 e. The molecule has 1 spiro atoms. The topological polar surface area (TPSA) is 90.4 Å². The molecule has 2 saturated heterocycles. The van der Waals surface area contributed by atoms with E-state index in [1.165, 1.54) is 0 Å². The Balaban J connectivity index is 1.46. The van der Waals surface area contributed by atoms with Gasteiger partial charge in [-0.05, 0) is 62.1 Å². The molecule has 0 saturated carbocycles. The number of para-hydroxylation sites is 1. The molecule has 3 amide bonds. The summed E-state index contributed by atoms with van der Waals surface area (Å²) in [4.78, 5) is 49.3. The summed E-state index contributed by atoms with van der Waals surface area (Å²) in [6.45, 7) is 10.9. The molecule has 8 nitrogen and oxygen atoms in total. The number of carbonyl (C=O) groups excluding carboxylic acids is 3. The fraction of sp³-hybridized carbons (Fsp3) is 0.457. The number of likely N-dealkylation sites (tertiary alicyclic amines) is 1. The molecule has 6 atom stereocenters. The van der Waals surface area contributed by atoms with Gasteiger partial charge in [-0.25, -0.2) is 0 Å². The SMILES string of the molecule is CCOc1ccc(N2CC=C[C@@H]3S[C@]45C=CCN(c6c(C)cccc6C)C(=O)C4N([C@@H](CO)C(C)C)C(=O)[C@@H]5[C@@H]3C2=O)cc1. The third kappa shape index (κ3) is 4.67. The van der Waals surface area contributed by atoms with Crippen molar-refractivity contribution >= 4 is 40.9 Å². The van der Waals surface area contributed by atoms with E-state index in [2.05, 4.69) is 0 Å². The van der Waals surface area contributed by atoms with Crippen LogP contribution in [-0.4, -0.2) is 76.1 Å². The number of amides is 3. The standard InChI is InChI=1S/C35H41N3O5S/c1-6-43-25-15-13-24(14-16-25)36-18-8-12-27-28(32(36)40)29-33(41)38(26(20-39)21(2)3)31-34(42)37(19-9-17-35(29,31)44-27)30-22(4)10-7-11-23(30)5/h7-17,21,26-29,31,39H,6,18-20H2,1-5H3/t26-,27-,28+,29-,31?,35-/m0/s1. The van der Waals surface area contributed by atoms with Crippen LogP contribution in [0.4, 0.5) is 11.4 Å². The molecule has 0 aliphatic carbocycles. The summed E-state index contributed by atoms with van der Waals surface area (Å²) in [5.74, 6) is -1.33. The zero-order valence-corrected chi connectivity index (χ0v) is 26.8. The number of hydrogen-bond acceptors (Lipinski definition) is 6. The largest absolute Gasteiger partial charge is 0.494 e. The van der Waals surface area contributed by atoms with Gasteiger partial charge in [0.2, 0.25) is 11.8 Å². The van der Waals surface area contributed by atoms with Crippen LogP contribution in [0.1, 0.15) is 31.9 Å². The van der Waals surface area contributed by atoms with Gasteiger partial charge >= 0.3 is 0 Å². The molecule has 6 rings (SSSR count). The average molecular weight is 616 g/mol. The summed E-state index contributed by atoms with van der Waals surface area (Å²) in [6.07, 6.45) is 8.06. The fourth-order valence-corrected chi connectivity index (χ4v) is 9.60. The van der Waals surface area contributed by atoms with Crippen LogP contribution in [0.3, 0.4) is 0 Å². The summed E-state index contributed by atoms with van der Waals surface area (Å²) in [7, 11) is 0. The number of aliphatic hydroxyl groups is 1. The number of carbonyl (C=O) groups is 3. The van der Waals surface area contributed by atoms with Gasteiger partial charge in [0.15, 0.2) is 0 Å². The minimum Gasteiger partial charge on any atom is -0.494 e. The number of thioether (sulfide) groups is 1. The summed E-state index contributed by atoms with van der Waals surface area (Å²) < 4.78 is 4.65. The molecule has 2 aromatic carbocycles. The Hall–Kier alpha value is -3.56. The van der Waals surface area contributed by atoms with Crippen LogP contribution >= 0.6 is 11.8 Å². The van der Waals surface area contributed by atoms with Crippen molar-refractivity contribution in [3.05, 3.63) is 77.9 Å². The van der Waals surface area contributed by atoms with E-state index in [9.17, 15) is 19.5 Å². The lowest BCUT2D eigenvalue weighted by Gasteiger charge is -2.40. The minimum absolute atomic E-state index is 0.0978. The van der Waals surface area contributed by atoms with E-state index >= 15 is 0 Å². The van der Waals surface area contributed by atoms with Crippen molar-refractivity contribution in [3.8, 4) is 5.75 Å². The highest BCUT2D eigenvalue weighted by Gasteiger charge is 2.72. The van der Waals surface area contributed by atoms with Crippen molar-refractivity contribution in [2.24, 2.45) is 17.8 Å². The second-order valence-corrected chi connectivity index (χ2v) is 14.0. The first kappa shape index (κ1) is 30.5. The van der Waals surface area contributed by atoms with Crippen molar-refractivity contribution in [2.45, 2.75) is 56.7 Å². The monoisotopic (exact) mass is 615 g/mol. The molecule has 0 bridgehead atoms. The third-order valence-corrected chi connectivity index (χ3v) is 11.3. The van der Waals surface area contributed by atoms with Gasteiger partial charge in [0, 0.05) is 29.7 Å². The molecule has 1 unspecified atom stereocenters. The van der Waals surface area contributed by atoms with Crippen molar-refractivity contribution in [1.29, 1.82) is 0 Å². The Labute approximate surface area is 263 Å². The van der Waals surface area contributed by atoms with Gasteiger partial charge in [-0.15, -0.1) is 11.8 Å². The quantitative estimate of drug-likeness (QED) is 0.461. The summed E-state index contributed by atoms with van der Waals surface area (Å²) in [5.41, 5.74) is 3.53. The number of anilines is 2. The first-order chi connectivity index (χ1) is 21.1. The van der Waals surface area contributed by atoms with Crippen LogP contribution in [0.15, 0.2) is 66.8 Å². The van der Waals surface area contributed by atoms with Gasteiger partial charge in [0.25, 0.3) is 5.91 Å². The molecule has 1 N–H and O–H groups in total. The molecule has 4 aliphatic rings. The highest BCUT2D eigenvalue weighted by molar-refractivity contribution is 8.02. The molecule has 0 radical (unpaired) electrons. The Morgan fingerprint density at radius 2 is 1.64 bits per heavy atom. The number of hydrogen-bond donors (Lipinski definition) is 1. The minimum atomic E-state index is -0.959. The maximum atomic E-state index is 14.9. The number of aliphatic hydroxyl groups excluding tert-OH is 1. The van der Waals surface area contributed by atoms with Crippen molar-refractivity contribution < 1.29 is 24.2 Å². The predicted octanol–water partition coefficient (Wildman–Crippen LogP) is 4.52. The lowest BCUT2D eigenvalue weighted by Crippen LogP contribution is -2.58. The molecule has 9 heteroatoms. The van der Waals surface area contributed by atoms with Crippen LogP contribution in [0.5, 0.6) is 5.75 Å². The smallest absolute Gasteiger partial charge is 0.251 e. The number of aryl methyl sites for hydroxylation is 2. The van der Waals surface area contributed by atoms with Crippen LogP contribution in [0, 0.1) is 31.6 Å². The highest BCUT2D eigenvalue weighted by atomic mass is 32.2. The number of rotatable bonds is 7. The lowest BCUT2D eigenvalue weighted by molar-refractivity contribution is -0.142. The Morgan fingerprint density at radius 1 is 0.955 bits per heavy atom. The molecule has 4 aliphatic heterocycles. The van der Waals surface area contributed by atoms with E-state index in [1.807, 2.05) is 101 Å². The number of ether oxygens (including phenoxy) is 1. The van der Waals surface area contributed by atoms with Crippen LogP contribution in [-0.2, 0) is 14.4 Å². The molecule has 2 aromatic rings. The second-order valence-electron chi connectivity index (χ2n) is 12.5. The van der Waals surface area contributed by atoms with E-state index in [1.54, 1.807) is 26.5 Å². The van der Waals surface area contributed by atoms with Crippen molar-refractivity contribution in [1.82, 2.24) is 4.90 Å². The van der Waals surface area contributed by atoms with Gasteiger partial charge in [0.05, 0.1) is 35.8 Å². The molecule has 44 heavy (non-hydrogen) atoms. The van der Waals surface area contributed by atoms with Crippen LogP contribution in [0.2, 0.25) is 0 Å². The van der Waals surface area contributed by atoms with Crippen molar-refractivity contribution in [2.75, 3.05) is 36.1 Å². The fourth-order valence-electron chi connectivity index (χ4n) is 7.61. The molecular weight excluding hydrogens is 574 g/mol. The summed E-state index contributed by atoms with van der Waals surface area (Å²) in [5, 5.41) is 10.3. The number of nitrogens with zero attached hydrogens (tertiary/aromatic N) is 3. The average Bonchev–Trinajstić information content (AvgIpc) is 3.30. The molecule has 0 aromatic heterocycles. The Kier molecular flexibility index (Phi) is 8.13. The van der Waals surface area contributed by atoms with Gasteiger partial charge < -0.3 is 24.5 Å². The summed E-state index contributed by atoms with van der Waals surface area (Å²) in [6, 6.07) is 12.0. The van der Waals surface area contributed by atoms with Gasteiger partial charge in [-0.3, -0.25) is 14.4 Å². The zero-order chi connectivity index (χ0) is 31.3. The zero-order valence-electron chi connectivity index (χ0n) is 26.0. The third-order valence-electron chi connectivity index (χ3n) is 9.58. The van der Waals surface area contributed by atoms with Crippen LogP contribution < -0.4 is 14.5 Å². The predicted molar refractivity (Wildman–Crippen MR) is 174 cm³/mol. The molecular formula is C35H41N3O5S. The number of benzene rings is 2. The maximum absolute atomic E-state index is 14.9. The lowest BCUT2D eigenvalue weighted by atomic mass is 9.78. The second kappa shape index (κ2) is 11.7. The first-order valence-electron chi connectivity index (χ1n) is 15.5. The number of fused-ring (bicyclic) bond motifs is 2. The van der Waals surface area contributed by atoms with Gasteiger partial charge in [-0.1, -0.05) is 56.4 Å². The summed E-state index contributed by atoms with van der Waals surface area (Å²) >= 11 is 1.56.